The largest absolute Gasteiger partial charge is 0.362 e. The van der Waals surface area contributed by atoms with Crippen molar-refractivity contribution >= 4 is 33.1 Å². The molecule has 0 atom stereocenters. The number of amidine groups is 1. The maximum absolute atomic E-state index is 12.6. The zero-order valence-electron chi connectivity index (χ0n) is 12.9. The Labute approximate surface area is 144 Å². The molecule has 0 spiro atoms. The molecule has 0 saturated heterocycles. The third-order valence-corrected chi connectivity index (χ3v) is 4.81. The molecule has 7 nitrogen and oxygen atoms in total. The minimum Gasteiger partial charge on any atom is -0.362 e. The predicted octanol–water partition coefficient (Wildman–Crippen LogP) is 2.95. The molecule has 0 saturated carbocycles. The van der Waals surface area contributed by atoms with E-state index in [9.17, 15) is 18.5 Å². The molecule has 0 aliphatic carbocycles. The van der Waals surface area contributed by atoms with Crippen LogP contribution in [0.1, 0.15) is 5.56 Å². The van der Waals surface area contributed by atoms with Gasteiger partial charge in [0.2, 0.25) is 0 Å². The molecular formula is C15H14ClN3O4S. The van der Waals surface area contributed by atoms with Crippen LogP contribution in [0.4, 0.5) is 5.69 Å². The molecule has 0 aliphatic rings. The Morgan fingerprint density at radius 3 is 2.33 bits per heavy atom. The number of hydrogen-bond acceptors (Lipinski definition) is 4. The summed E-state index contributed by atoms with van der Waals surface area (Å²) in [5.41, 5.74) is 0.215. The molecule has 0 unspecified atom stereocenters. The first-order valence-electron chi connectivity index (χ1n) is 6.74. The van der Waals surface area contributed by atoms with Gasteiger partial charge in [-0.2, -0.15) is 8.42 Å². The van der Waals surface area contributed by atoms with Crippen molar-refractivity contribution in [3.63, 3.8) is 0 Å². The van der Waals surface area contributed by atoms with Crippen molar-refractivity contribution in [3.8, 4) is 0 Å². The van der Waals surface area contributed by atoms with Gasteiger partial charge in [-0.3, -0.25) is 10.1 Å². The highest BCUT2D eigenvalue weighted by Gasteiger charge is 2.23. The lowest BCUT2D eigenvalue weighted by atomic mass is 10.2. The van der Waals surface area contributed by atoms with Crippen molar-refractivity contribution in [2.75, 3.05) is 14.1 Å². The van der Waals surface area contributed by atoms with Gasteiger partial charge in [-0.1, -0.05) is 41.9 Å². The van der Waals surface area contributed by atoms with E-state index in [1.54, 1.807) is 44.4 Å². The van der Waals surface area contributed by atoms with Crippen molar-refractivity contribution in [2.45, 2.75) is 4.90 Å². The summed E-state index contributed by atoms with van der Waals surface area (Å²) in [6, 6.07) is 11.9. The Morgan fingerprint density at radius 2 is 1.79 bits per heavy atom. The quantitative estimate of drug-likeness (QED) is 0.358. The smallest absolute Gasteiger partial charge is 0.286 e. The van der Waals surface area contributed by atoms with E-state index in [1.165, 1.54) is 11.0 Å². The molecule has 24 heavy (non-hydrogen) atoms. The van der Waals surface area contributed by atoms with Gasteiger partial charge in [0.05, 0.1) is 9.95 Å². The molecule has 0 N–H and O–H groups in total. The van der Waals surface area contributed by atoms with Gasteiger partial charge in [-0.25, -0.2) is 0 Å². The number of nitrogens with zero attached hydrogens (tertiary/aromatic N) is 3. The van der Waals surface area contributed by atoms with Gasteiger partial charge in [-0.15, -0.1) is 4.40 Å². The molecule has 2 aromatic rings. The fourth-order valence-corrected chi connectivity index (χ4v) is 3.53. The lowest BCUT2D eigenvalue weighted by Gasteiger charge is -2.16. The molecule has 9 heteroatoms. The first-order chi connectivity index (χ1) is 11.2. The standard InChI is InChI=1S/C15H14ClN3O4S/c1-18(2)15(11-6-4-3-5-7-11)17-24(22,23)14-10-12(19(20)21)8-9-13(14)16/h3-10H,1-2H3/b17-15+. The van der Waals surface area contributed by atoms with Crippen LogP contribution < -0.4 is 0 Å². The number of hydrogen-bond donors (Lipinski definition) is 0. The molecule has 0 bridgehead atoms. The van der Waals surface area contributed by atoms with E-state index in [1.807, 2.05) is 0 Å². The molecule has 0 heterocycles. The summed E-state index contributed by atoms with van der Waals surface area (Å²) >= 11 is 5.91. The number of non-ortho nitro benzene ring substituents is 1. The van der Waals surface area contributed by atoms with Crippen LogP contribution in [0, 0.1) is 10.1 Å². The number of halogens is 1. The van der Waals surface area contributed by atoms with E-state index in [2.05, 4.69) is 4.40 Å². The number of nitro groups is 1. The van der Waals surface area contributed by atoms with Crippen molar-refractivity contribution < 1.29 is 13.3 Å². The molecule has 0 aliphatic heterocycles. The van der Waals surface area contributed by atoms with Crippen LogP contribution in [0.25, 0.3) is 0 Å². The third-order valence-electron chi connectivity index (χ3n) is 3.07. The second-order valence-electron chi connectivity index (χ2n) is 5.02. The van der Waals surface area contributed by atoms with Gasteiger partial charge in [0.1, 0.15) is 10.7 Å². The van der Waals surface area contributed by atoms with Crippen LogP contribution in [-0.2, 0) is 10.0 Å². The Morgan fingerprint density at radius 1 is 1.17 bits per heavy atom. The number of rotatable bonds is 4. The molecule has 2 aromatic carbocycles. The zero-order valence-corrected chi connectivity index (χ0v) is 14.5. The van der Waals surface area contributed by atoms with Crippen molar-refractivity contribution in [1.29, 1.82) is 0 Å². The van der Waals surface area contributed by atoms with E-state index in [4.69, 9.17) is 11.6 Å². The maximum atomic E-state index is 12.6. The molecule has 0 radical (unpaired) electrons. The summed E-state index contributed by atoms with van der Waals surface area (Å²) in [6.45, 7) is 0. The fraction of sp³-hybridized carbons (Fsp3) is 0.133. The van der Waals surface area contributed by atoms with E-state index >= 15 is 0 Å². The first-order valence-corrected chi connectivity index (χ1v) is 8.56. The molecule has 0 aromatic heterocycles. The fourth-order valence-electron chi connectivity index (χ4n) is 1.95. The average molecular weight is 368 g/mol. The number of benzene rings is 2. The number of nitro benzene ring substituents is 1. The van der Waals surface area contributed by atoms with Crippen molar-refractivity contribution in [2.24, 2.45) is 4.40 Å². The van der Waals surface area contributed by atoms with Crippen LogP contribution in [0.2, 0.25) is 5.02 Å². The molecule has 2 rings (SSSR count). The van der Waals surface area contributed by atoms with E-state index in [0.29, 0.717) is 5.56 Å². The zero-order chi connectivity index (χ0) is 17.9. The summed E-state index contributed by atoms with van der Waals surface area (Å²) in [6.07, 6.45) is 0. The van der Waals surface area contributed by atoms with E-state index in [-0.39, 0.29) is 16.5 Å². The lowest BCUT2D eigenvalue weighted by molar-refractivity contribution is -0.385. The summed E-state index contributed by atoms with van der Waals surface area (Å²) < 4.78 is 29.0. The molecular weight excluding hydrogens is 354 g/mol. The van der Waals surface area contributed by atoms with Gasteiger partial charge in [-0.05, 0) is 6.07 Å². The predicted molar refractivity (Wildman–Crippen MR) is 92.0 cm³/mol. The van der Waals surface area contributed by atoms with Gasteiger partial charge in [0.15, 0.2) is 0 Å². The van der Waals surface area contributed by atoms with Crippen LogP contribution in [0.3, 0.4) is 0 Å². The summed E-state index contributed by atoms with van der Waals surface area (Å²) in [5.74, 6) is 0.193. The third kappa shape index (κ3) is 3.90. The Hall–Kier alpha value is -2.45. The second kappa shape index (κ2) is 6.98. The SMILES string of the molecule is CN(C)/C(=N/S(=O)(=O)c1cc([N+](=O)[O-])ccc1Cl)c1ccccc1. The Bertz CT molecular complexity index is 896. The maximum Gasteiger partial charge on any atom is 0.286 e. The van der Waals surface area contributed by atoms with Crippen LogP contribution in [0.15, 0.2) is 57.8 Å². The van der Waals surface area contributed by atoms with E-state index in [0.717, 1.165) is 12.1 Å². The Balaban J connectivity index is 2.61. The van der Waals surface area contributed by atoms with Crippen molar-refractivity contribution in [3.05, 3.63) is 69.2 Å². The lowest BCUT2D eigenvalue weighted by Crippen LogP contribution is -2.24. The summed E-state index contributed by atoms with van der Waals surface area (Å²) in [5, 5.41) is 10.7. The highest BCUT2D eigenvalue weighted by Crippen LogP contribution is 2.28. The van der Waals surface area contributed by atoms with Crippen LogP contribution >= 0.6 is 11.6 Å². The van der Waals surface area contributed by atoms with Crippen LogP contribution in [0.5, 0.6) is 0 Å². The second-order valence-corrected chi connectivity index (χ2v) is 7.00. The average Bonchev–Trinajstić information content (AvgIpc) is 2.53. The van der Waals surface area contributed by atoms with Gasteiger partial charge < -0.3 is 4.90 Å². The monoisotopic (exact) mass is 367 g/mol. The van der Waals surface area contributed by atoms with Gasteiger partial charge >= 0.3 is 0 Å². The highest BCUT2D eigenvalue weighted by atomic mass is 35.5. The van der Waals surface area contributed by atoms with Crippen molar-refractivity contribution in [1.82, 2.24) is 4.90 Å². The normalized spacial score (nSPS) is 12.0. The summed E-state index contributed by atoms with van der Waals surface area (Å²) in [7, 11) is -0.931. The van der Waals surface area contributed by atoms with Crippen LogP contribution in [-0.4, -0.2) is 38.2 Å². The topological polar surface area (TPSA) is 92.9 Å². The number of sulfonamides is 1. The molecule has 0 fully saturated rings. The van der Waals surface area contributed by atoms with Gasteiger partial charge in [0, 0.05) is 31.8 Å². The van der Waals surface area contributed by atoms with E-state index < -0.39 is 19.8 Å². The minimum absolute atomic E-state index is 0.129. The Kier molecular flexibility index (Phi) is 5.20. The first kappa shape index (κ1) is 17.9. The highest BCUT2D eigenvalue weighted by molar-refractivity contribution is 7.90. The summed E-state index contributed by atoms with van der Waals surface area (Å²) in [4.78, 5) is 11.3. The molecule has 0 amide bonds. The molecule has 126 valence electrons. The minimum atomic E-state index is -4.23. The van der Waals surface area contributed by atoms with Gasteiger partial charge in [0.25, 0.3) is 15.7 Å².